The van der Waals surface area contributed by atoms with Gasteiger partial charge in [0.15, 0.2) is 5.43 Å². The zero-order valence-corrected chi connectivity index (χ0v) is 11.4. The van der Waals surface area contributed by atoms with E-state index < -0.39 is 0 Å². The Balaban J connectivity index is 2.64. The van der Waals surface area contributed by atoms with Gasteiger partial charge in [0, 0.05) is 32.8 Å². The first-order chi connectivity index (χ1) is 7.58. The lowest BCUT2D eigenvalue weighted by molar-refractivity contribution is 0.922. The monoisotopic (exact) mass is 325 g/mol. The first-order valence-corrected chi connectivity index (χ1v) is 6.12. The molecule has 0 aliphatic carbocycles. The zero-order valence-electron chi connectivity index (χ0n) is 9.20. The summed E-state index contributed by atoms with van der Waals surface area (Å²) in [6.07, 6.45) is 0. The number of hydrogen-bond donors (Lipinski definition) is 0. The van der Waals surface area contributed by atoms with Gasteiger partial charge in [0.2, 0.25) is 0 Å². The second-order valence-electron chi connectivity index (χ2n) is 3.79. The van der Waals surface area contributed by atoms with Gasteiger partial charge in [0.1, 0.15) is 0 Å². The fourth-order valence-corrected chi connectivity index (χ4v) is 2.22. The van der Waals surface area contributed by atoms with Gasteiger partial charge >= 0.3 is 0 Å². The Morgan fingerprint density at radius 3 is 2.00 bits per heavy atom. The highest BCUT2D eigenvalue weighted by Gasteiger charge is 2.03. The molecular weight excluding hydrogens is 313 g/mol. The molecule has 0 aliphatic heterocycles. The van der Waals surface area contributed by atoms with Gasteiger partial charge < -0.3 is 4.57 Å². The summed E-state index contributed by atoms with van der Waals surface area (Å²) < 4.78 is 3.29. The minimum absolute atomic E-state index is 0.0664. The number of benzene rings is 1. The fraction of sp³-hybridized carbons (Fsp3) is 0.154. The van der Waals surface area contributed by atoms with Crippen LogP contribution in [0.15, 0.2) is 41.2 Å². The fourth-order valence-electron chi connectivity index (χ4n) is 1.86. The first-order valence-electron chi connectivity index (χ1n) is 5.04. The summed E-state index contributed by atoms with van der Waals surface area (Å²) in [7, 11) is 0. The minimum Gasteiger partial charge on any atom is -0.318 e. The van der Waals surface area contributed by atoms with E-state index in [2.05, 4.69) is 51.4 Å². The Morgan fingerprint density at radius 1 is 1.00 bits per heavy atom. The number of aromatic nitrogens is 1. The van der Waals surface area contributed by atoms with Crippen molar-refractivity contribution in [2.24, 2.45) is 0 Å². The number of halogens is 1. The molecule has 0 spiro atoms. The molecule has 3 heteroatoms. The molecular formula is C13H12INO. The molecule has 0 unspecified atom stereocenters. The van der Waals surface area contributed by atoms with Crippen LogP contribution in [0.3, 0.4) is 0 Å². The summed E-state index contributed by atoms with van der Waals surface area (Å²) in [4.78, 5) is 11.3. The zero-order chi connectivity index (χ0) is 11.7. The standard InChI is InChI=1S/C13H12INO/c1-9-7-13(16)8-10(2)15(9)12-5-3-11(14)4-6-12/h3-8H,1-2H3. The SMILES string of the molecule is Cc1cc(=O)cc(C)n1-c1ccc(I)cc1. The predicted octanol–water partition coefficient (Wildman–Crippen LogP) is 3.06. The molecule has 0 atom stereocenters. The van der Waals surface area contributed by atoms with Crippen LogP contribution in [-0.4, -0.2) is 4.57 Å². The summed E-state index contributed by atoms with van der Waals surface area (Å²) in [5, 5.41) is 0. The van der Waals surface area contributed by atoms with Crippen molar-refractivity contribution < 1.29 is 0 Å². The van der Waals surface area contributed by atoms with Crippen molar-refractivity contribution in [1.29, 1.82) is 0 Å². The molecule has 1 aromatic carbocycles. The number of rotatable bonds is 1. The van der Waals surface area contributed by atoms with Crippen LogP contribution in [0.5, 0.6) is 0 Å². The van der Waals surface area contributed by atoms with Gasteiger partial charge in [-0.3, -0.25) is 4.79 Å². The largest absolute Gasteiger partial charge is 0.318 e. The van der Waals surface area contributed by atoms with Gasteiger partial charge in [-0.15, -0.1) is 0 Å². The molecule has 2 rings (SSSR count). The lowest BCUT2D eigenvalue weighted by Crippen LogP contribution is -2.11. The van der Waals surface area contributed by atoms with Crippen molar-refractivity contribution in [2.75, 3.05) is 0 Å². The van der Waals surface area contributed by atoms with E-state index in [1.54, 1.807) is 12.1 Å². The average molecular weight is 325 g/mol. The van der Waals surface area contributed by atoms with Crippen LogP contribution in [0.25, 0.3) is 5.69 Å². The summed E-state index contributed by atoms with van der Waals surface area (Å²) in [6, 6.07) is 11.6. The maximum Gasteiger partial charge on any atom is 0.182 e. The lowest BCUT2D eigenvalue weighted by Gasteiger charge is -2.14. The highest BCUT2D eigenvalue weighted by atomic mass is 127. The van der Waals surface area contributed by atoms with E-state index in [1.165, 1.54) is 3.57 Å². The molecule has 0 aliphatic rings. The number of nitrogens with zero attached hydrogens (tertiary/aromatic N) is 1. The molecule has 1 heterocycles. The van der Waals surface area contributed by atoms with Gasteiger partial charge in [-0.1, -0.05) is 0 Å². The molecule has 0 saturated carbocycles. The maximum atomic E-state index is 11.3. The van der Waals surface area contributed by atoms with Crippen LogP contribution in [-0.2, 0) is 0 Å². The van der Waals surface area contributed by atoms with Gasteiger partial charge in [0.05, 0.1) is 0 Å². The molecule has 2 nitrogen and oxygen atoms in total. The first kappa shape index (κ1) is 11.4. The minimum atomic E-state index is 0.0664. The Hall–Kier alpha value is -1.10. The summed E-state index contributed by atoms with van der Waals surface area (Å²) >= 11 is 2.28. The Morgan fingerprint density at radius 2 is 1.50 bits per heavy atom. The third-order valence-corrected chi connectivity index (χ3v) is 3.21. The number of pyridine rings is 1. The highest BCUT2D eigenvalue weighted by molar-refractivity contribution is 14.1. The van der Waals surface area contributed by atoms with Crippen LogP contribution in [0, 0.1) is 17.4 Å². The van der Waals surface area contributed by atoms with Crippen LogP contribution >= 0.6 is 22.6 Å². The molecule has 0 amide bonds. The normalized spacial score (nSPS) is 10.4. The summed E-state index contributed by atoms with van der Waals surface area (Å²) in [5.74, 6) is 0. The molecule has 2 aromatic rings. The van der Waals surface area contributed by atoms with Crippen molar-refractivity contribution in [2.45, 2.75) is 13.8 Å². The van der Waals surface area contributed by atoms with Gasteiger partial charge in [-0.05, 0) is 60.7 Å². The second-order valence-corrected chi connectivity index (χ2v) is 5.03. The topological polar surface area (TPSA) is 22.0 Å². The van der Waals surface area contributed by atoms with Crippen LogP contribution in [0.2, 0.25) is 0 Å². The third kappa shape index (κ3) is 2.19. The van der Waals surface area contributed by atoms with Gasteiger partial charge in [-0.2, -0.15) is 0 Å². The van der Waals surface area contributed by atoms with E-state index >= 15 is 0 Å². The quantitative estimate of drug-likeness (QED) is 0.739. The van der Waals surface area contributed by atoms with Crippen molar-refractivity contribution >= 4 is 22.6 Å². The smallest absolute Gasteiger partial charge is 0.182 e. The second kappa shape index (κ2) is 4.41. The van der Waals surface area contributed by atoms with Gasteiger partial charge in [-0.25, -0.2) is 0 Å². The highest BCUT2D eigenvalue weighted by Crippen LogP contribution is 2.14. The van der Waals surface area contributed by atoms with Crippen molar-refractivity contribution in [1.82, 2.24) is 4.57 Å². The molecule has 82 valence electrons. The molecule has 16 heavy (non-hydrogen) atoms. The molecule has 0 radical (unpaired) electrons. The van der Waals surface area contributed by atoms with E-state index in [0.717, 1.165) is 17.1 Å². The lowest BCUT2D eigenvalue weighted by atomic mass is 10.2. The molecule has 0 fully saturated rings. The van der Waals surface area contributed by atoms with Crippen molar-refractivity contribution in [3.63, 3.8) is 0 Å². The predicted molar refractivity (Wildman–Crippen MR) is 74.2 cm³/mol. The number of hydrogen-bond acceptors (Lipinski definition) is 1. The molecule has 0 bridgehead atoms. The molecule has 0 N–H and O–H groups in total. The third-order valence-electron chi connectivity index (χ3n) is 2.49. The Kier molecular flexibility index (Phi) is 3.14. The van der Waals surface area contributed by atoms with E-state index in [1.807, 2.05) is 13.8 Å². The number of aryl methyl sites for hydroxylation is 2. The Labute approximate surface area is 108 Å². The van der Waals surface area contributed by atoms with Crippen LogP contribution in [0.4, 0.5) is 0 Å². The Bertz CT molecular complexity index is 543. The summed E-state index contributed by atoms with van der Waals surface area (Å²) in [5.41, 5.74) is 3.09. The van der Waals surface area contributed by atoms with E-state index in [-0.39, 0.29) is 5.43 Å². The average Bonchev–Trinajstić information content (AvgIpc) is 2.19. The van der Waals surface area contributed by atoms with E-state index in [0.29, 0.717) is 0 Å². The molecule has 0 saturated heterocycles. The van der Waals surface area contributed by atoms with Crippen LogP contribution < -0.4 is 5.43 Å². The van der Waals surface area contributed by atoms with E-state index in [9.17, 15) is 4.79 Å². The maximum absolute atomic E-state index is 11.3. The molecule has 1 aromatic heterocycles. The van der Waals surface area contributed by atoms with Crippen LogP contribution in [0.1, 0.15) is 11.4 Å². The summed E-state index contributed by atoms with van der Waals surface area (Å²) in [6.45, 7) is 3.90. The van der Waals surface area contributed by atoms with Crippen molar-refractivity contribution in [3.8, 4) is 5.69 Å². The van der Waals surface area contributed by atoms with Gasteiger partial charge in [0.25, 0.3) is 0 Å². The van der Waals surface area contributed by atoms with Crippen molar-refractivity contribution in [3.05, 3.63) is 61.6 Å². The van der Waals surface area contributed by atoms with E-state index in [4.69, 9.17) is 0 Å².